The van der Waals surface area contributed by atoms with Gasteiger partial charge in [-0.05, 0) is 19.4 Å². The van der Waals surface area contributed by atoms with Crippen molar-refractivity contribution >= 4 is 18.3 Å². The van der Waals surface area contributed by atoms with Crippen LogP contribution >= 0.6 is 12.4 Å². The molecule has 0 saturated heterocycles. The summed E-state index contributed by atoms with van der Waals surface area (Å²) in [6, 6.07) is 5.59. The Hall–Kier alpha value is -0.930. The molecule has 0 aliphatic rings. The summed E-state index contributed by atoms with van der Waals surface area (Å²) in [7, 11) is 0. The largest absolute Gasteiger partial charge is 0.392 e. The Kier molecular flexibility index (Phi) is 6.98. The molecule has 78 valence electrons. The smallest absolute Gasteiger partial charge is 0.330 e. The van der Waals surface area contributed by atoms with Crippen molar-refractivity contribution in [1.82, 2.24) is 0 Å². The van der Waals surface area contributed by atoms with Crippen molar-refractivity contribution < 1.29 is 9.36 Å². The van der Waals surface area contributed by atoms with Crippen molar-refractivity contribution in [3.63, 3.8) is 0 Å². The van der Waals surface area contributed by atoms with Crippen LogP contribution in [-0.4, -0.2) is 12.5 Å². The molecule has 1 rings (SSSR count). The Morgan fingerprint density at radius 1 is 1.14 bits per heavy atom. The van der Waals surface area contributed by atoms with Crippen LogP contribution in [0.25, 0.3) is 0 Å². The van der Waals surface area contributed by atoms with Crippen LogP contribution < -0.4 is 10.3 Å². The molecule has 3 nitrogen and oxygen atoms in total. The summed E-state index contributed by atoms with van der Waals surface area (Å²) in [4.78, 5) is 11.4. The maximum absolute atomic E-state index is 11.4. The van der Waals surface area contributed by atoms with Gasteiger partial charge < -0.3 is 5.73 Å². The van der Waals surface area contributed by atoms with Crippen molar-refractivity contribution in [2.45, 2.75) is 19.3 Å². The molecule has 0 aromatic carbocycles. The van der Waals surface area contributed by atoms with Crippen LogP contribution in [0.1, 0.15) is 24.1 Å². The number of aromatic nitrogens is 1. The Morgan fingerprint density at radius 3 is 2.36 bits per heavy atom. The van der Waals surface area contributed by atoms with E-state index in [2.05, 4.69) is 0 Å². The number of hydrogen-bond donors (Lipinski definition) is 1. The van der Waals surface area contributed by atoms with Gasteiger partial charge in [0.1, 0.15) is 0 Å². The minimum atomic E-state index is 0. The summed E-state index contributed by atoms with van der Waals surface area (Å²) in [5, 5.41) is 0. The summed E-state index contributed by atoms with van der Waals surface area (Å²) < 4.78 is 1.61. The number of hydrogen-bond acceptors (Lipinski definition) is 2. The molecule has 0 saturated carbocycles. The molecule has 0 fully saturated rings. The summed E-state index contributed by atoms with van der Waals surface area (Å²) >= 11 is 0. The molecule has 2 N–H and O–H groups in total. The lowest BCUT2D eigenvalue weighted by molar-refractivity contribution is -0.574. The molecule has 0 unspecified atom stereocenters. The third-order valence-electron chi connectivity index (χ3n) is 1.85. The molecule has 4 heteroatoms. The molecular formula is C10H16ClN2O+. The first-order valence-corrected chi connectivity index (χ1v) is 4.54. The topological polar surface area (TPSA) is 47.0 Å². The number of rotatable bonds is 4. The number of nitrogens with zero attached hydrogens (tertiary/aromatic N) is 1. The monoisotopic (exact) mass is 215 g/mol. The first-order chi connectivity index (χ1) is 6.34. The third kappa shape index (κ3) is 4.35. The number of halogens is 1. The van der Waals surface area contributed by atoms with E-state index < -0.39 is 0 Å². The van der Waals surface area contributed by atoms with Gasteiger partial charge in [-0.2, -0.15) is 0 Å². The van der Waals surface area contributed by atoms with E-state index in [-0.39, 0.29) is 18.3 Å². The van der Waals surface area contributed by atoms with E-state index in [4.69, 9.17) is 5.73 Å². The molecule has 0 radical (unpaired) electrons. The molecule has 0 aliphatic carbocycles. The minimum absolute atomic E-state index is 0. The van der Waals surface area contributed by atoms with E-state index in [0.29, 0.717) is 13.0 Å². The van der Waals surface area contributed by atoms with Gasteiger partial charge in [0, 0.05) is 12.1 Å². The second kappa shape index (κ2) is 7.47. The van der Waals surface area contributed by atoms with E-state index in [1.54, 1.807) is 17.0 Å². The van der Waals surface area contributed by atoms with E-state index in [1.165, 1.54) is 0 Å². The number of carbonyl (C=O) groups excluding carboxylic acids is 1. The zero-order chi connectivity index (χ0) is 9.52. The quantitative estimate of drug-likeness (QED) is 0.606. The summed E-state index contributed by atoms with van der Waals surface area (Å²) in [6.07, 6.45) is 5.90. The van der Waals surface area contributed by atoms with Crippen molar-refractivity contribution in [3.05, 3.63) is 30.6 Å². The van der Waals surface area contributed by atoms with Crippen LogP contribution in [-0.2, 0) is 0 Å². The van der Waals surface area contributed by atoms with Gasteiger partial charge in [-0.1, -0.05) is 6.07 Å². The van der Waals surface area contributed by atoms with Gasteiger partial charge in [0.25, 0.3) is 0 Å². The normalized spacial score (nSPS) is 9.21. The molecule has 1 aromatic heterocycles. The average Bonchev–Trinajstić information content (AvgIpc) is 2.19. The summed E-state index contributed by atoms with van der Waals surface area (Å²) in [6.45, 7) is 0.659. The Balaban J connectivity index is 0.00000169. The van der Waals surface area contributed by atoms with Crippen LogP contribution in [0.3, 0.4) is 0 Å². The highest BCUT2D eigenvalue weighted by Crippen LogP contribution is 1.93. The maximum Gasteiger partial charge on any atom is 0.392 e. The van der Waals surface area contributed by atoms with Gasteiger partial charge in [0.15, 0.2) is 12.4 Å². The Labute approximate surface area is 90.3 Å². The minimum Gasteiger partial charge on any atom is -0.330 e. The number of nitrogens with two attached hydrogens (primary N) is 1. The van der Waals surface area contributed by atoms with Gasteiger partial charge in [-0.3, -0.25) is 0 Å². The van der Waals surface area contributed by atoms with Crippen molar-refractivity contribution in [2.75, 3.05) is 6.54 Å². The summed E-state index contributed by atoms with van der Waals surface area (Å²) in [5.74, 6) is 0.133. The molecule has 0 spiro atoms. The highest BCUT2D eigenvalue weighted by atomic mass is 35.5. The fourth-order valence-corrected chi connectivity index (χ4v) is 1.11. The van der Waals surface area contributed by atoms with Crippen LogP contribution in [0, 0.1) is 0 Å². The zero-order valence-electron chi connectivity index (χ0n) is 8.06. The first-order valence-electron chi connectivity index (χ1n) is 4.54. The van der Waals surface area contributed by atoms with E-state index >= 15 is 0 Å². The lowest BCUT2D eigenvalue weighted by Crippen LogP contribution is -2.41. The van der Waals surface area contributed by atoms with E-state index in [1.807, 2.05) is 18.2 Å². The SMILES string of the molecule is Cl.NCCCCC(=O)[n+]1ccccc1. The fourth-order valence-electron chi connectivity index (χ4n) is 1.11. The molecule has 0 atom stereocenters. The standard InChI is InChI=1S/C10H15N2O.ClH/c11-7-3-2-6-10(13)12-8-4-1-5-9-12;/h1,4-5,8-9H,2-3,6-7,11H2;1H/q+1;. The van der Waals surface area contributed by atoms with Gasteiger partial charge in [0.2, 0.25) is 0 Å². The Bertz CT molecular complexity index is 264. The predicted molar refractivity (Wildman–Crippen MR) is 57.4 cm³/mol. The molecular weight excluding hydrogens is 200 g/mol. The third-order valence-corrected chi connectivity index (χ3v) is 1.85. The molecule has 0 bridgehead atoms. The van der Waals surface area contributed by atoms with Crippen LogP contribution in [0.5, 0.6) is 0 Å². The van der Waals surface area contributed by atoms with Gasteiger partial charge in [-0.15, -0.1) is 17.0 Å². The Morgan fingerprint density at radius 2 is 1.79 bits per heavy atom. The van der Waals surface area contributed by atoms with Crippen molar-refractivity contribution in [1.29, 1.82) is 0 Å². The van der Waals surface area contributed by atoms with E-state index in [0.717, 1.165) is 12.8 Å². The van der Waals surface area contributed by atoms with Gasteiger partial charge >= 0.3 is 5.91 Å². The van der Waals surface area contributed by atoms with Crippen molar-refractivity contribution in [3.8, 4) is 0 Å². The molecule has 14 heavy (non-hydrogen) atoms. The lowest BCUT2D eigenvalue weighted by atomic mass is 10.2. The van der Waals surface area contributed by atoms with Crippen LogP contribution in [0.15, 0.2) is 30.6 Å². The maximum atomic E-state index is 11.4. The molecule has 1 aromatic rings. The lowest BCUT2D eigenvalue weighted by Gasteiger charge is -1.93. The number of pyridine rings is 1. The average molecular weight is 216 g/mol. The molecule has 1 heterocycles. The number of unbranched alkanes of at least 4 members (excludes halogenated alkanes) is 1. The highest BCUT2D eigenvalue weighted by Gasteiger charge is 2.11. The van der Waals surface area contributed by atoms with Gasteiger partial charge in [-0.25, -0.2) is 4.79 Å². The van der Waals surface area contributed by atoms with Crippen LogP contribution in [0.4, 0.5) is 0 Å². The van der Waals surface area contributed by atoms with Crippen molar-refractivity contribution in [2.24, 2.45) is 5.73 Å². The van der Waals surface area contributed by atoms with Gasteiger partial charge in [0.05, 0.1) is 6.42 Å². The zero-order valence-corrected chi connectivity index (χ0v) is 8.87. The van der Waals surface area contributed by atoms with Crippen LogP contribution in [0.2, 0.25) is 0 Å². The molecule has 0 amide bonds. The summed E-state index contributed by atoms with van der Waals surface area (Å²) in [5.41, 5.74) is 5.34. The fraction of sp³-hybridized carbons (Fsp3) is 0.400. The predicted octanol–water partition coefficient (Wildman–Crippen LogP) is 1.17. The molecule has 0 aliphatic heterocycles. The second-order valence-electron chi connectivity index (χ2n) is 2.92. The second-order valence-corrected chi connectivity index (χ2v) is 2.92. The highest BCUT2D eigenvalue weighted by molar-refractivity contribution is 5.85. The first kappa shape index (κ1) is 13.1. The number of carbonyl (C=O) groups is 1. The van der Waals surface area contributed by atoms with E-state index in [9.17, 15) is 4.79 Å².